The topological polar surface area (TPSA) is 47.6 Å². The van der Waals surface area contributed by atoms with Gasteiger partial charge in [0.25, 0.3) is 0 Å². The van der Waals surface area contributed by atoms with Crippen molar-refractivity contribution < 1.29 is 18.7 Å². The smallest absolute Gasteiger partial charge is 0.340 e. The number of methoxy groups -OCH3 is 1. The van der Waals surface area contributed by atoms with Crippen LogP contribution in [0.4, 0.5) is 4.39 Å². The van der Waals surface area contributed by atoms with Crippen LogP contribution in [0.1, 0.15) is 35.2 Å². The normalized spacial score (nSPS) is 18.2. The van der Waals surface area contributed by atoms with E-state index < -0.39 is 11.8 Å². The van der Waals surface area contributed by atoms with E-state index in [1.807, 2.05) is 0 Å². The molecule has 1 aromatic carbocycles. The summed E-state index contributed by atoms with van der Waals surface area (Å²) < 4.78 is 23.7. The number of hydrogen-bond donors (Lipinski definition) is 1. The highest BCUT2D eigenvalue weighted by atomic mass is 19.1. The van der Waals surface area contributed by atoms with Gasteiger partial charge in [0.05, 0.1) is 18.8 Å². The molecule has 0 radical (unpaired) electrons. The fourth-order valence-electron chi connectivity index (χ4n) is 2.31. The zero-order chi connectivity index (χ0) is 14.4. The van der Waals surface area contributed by atoms with E-state index in [2.05, 4.69) is 10.1 Å². The highest BCUT2D eigenvalue weighted by Crippen LogP contribution is 2.15. The van der Waals surface area contributed by atoms with Crippen LogP contribution >= 0.6 is 0 Å². The predicted octanol–water partition coefficient (Wildman–Crippen LogP) is 2.27. The lowest BCUT2D eigenvalue weighted by Crippen LogP contribution is -2.20. The second kappa shape index (κ2) is 7.36. The van der Waals surface area contributed by atoms with Gasteiger partial charge in [-0.2, -0.15) is 0 Å². The Labute approximate surface area is 118 Å². The zero-order valence-electron chi connectivity index (χ0n) is 11.7. The minimum absolute atomic E-state index is 0.0318. The van der Waals surface area contributed by atoms with Gasteiger partial charge in [0.1, 0.15) is 5.82 Å². The first-order chi connectivity index (χ1) is 9.70. The molecule has 0 aliphatic carbocycles. The number of halogens is 1. The van der Waals surface area contributed by atoms with Crippen molar-refractivity contribution in [2.45, 2.75) is 31.9 Å². The number of nitrogens with one attached hydrogen (secondary N) is 1. The molecule has 1 heterocycles. The highest BCUT2D eigenvalue weighted by Gasteiger charge is 2.15. The molecule has 0 spiro atoms. The maximum absolute atomic E-state index is 13.7. The van der Waals surface area contributed by atoms with Gasteiger partial charge >= 0.3 is 5.97 Å². The van der Waals surface area contributed by atoms with Crippen LogP contribution in [0.15, 0.2) is 18.2 Å². The van der Waals surface area contributed by atoms with Gasteiger partial charge in [0, 0.05) is 13.2 Å². The maximum Gasteiger partial charge on any atom is 0.340 e. The largest absolute Gasteiger partial charge is 0.465 e. The van der Waals surface area contributed by atoms with Gasteiger partial charge in [-0.25, -0.2) is 9.18 Å². The minimum Gasteiger partial charge on any atom is -0.465 e. The molecule has 110 valence electrons. The van der Waals surface area contributed by atoms with Gasteiger partial charge in [0.15, 0.2) is 0 Å². The average Bonchev–Trinajstić information content (AvgIpc) is 2.96. The van der Waals surface area contributed by atoms with E-state index in [1.165, 1.54) is 19.2 Å². The average molecular weight is 281 g/mol. The van der Waals surface area contributed by atoms with Gasteiger partial charge in [0.2, 0.25) is 0 Å². The molecule has 0 amide bonds. The van der Waals surface area contributed by atoms with Crippen molar-refractivity contribution in [2.24, 2.45) is 0 Å². The first kappa shape index (κ1) is 14.9. The van der Waals surface area contributed by atoms with Crippen molar-refractivity contribution in [3.05, 3.63) is 35.1 Å². The Balaban J connectivity index is 1.78. The predicted molar refractivity (Wildman–Crippen MR) is 73.0 cm³/mol. The summed E-state index contributed by atoms with van der Waals surface area (Å²) in [5.74, 6) is -1.20. The van der Waals surface area contributed by atoms with Gasteiger partial charge in [-0.15, -0.1) is 0 Å². The minimum atomic E-state index is -0.652. The number of ether oxygens (including phenoxy) is 2. The summed E-state index contributed by atoms with van der Waals surface area (Å²) in [6, 6.07) is 4.55. The Kier molecular flexibility index (Phi) is 5.49. The Morgan fingerprint density at radius 2 is 2.40 bits per heavy atom. The molecule has 1 fully saturated rings. The Morgan fingerprint density at radius 3 is 3.05 bits per heavy atom. The lowest BCUT2D eigenvalue weighted by molar-refractivity contribution is 0.0595. The van der Waals surface area contributed by atoms with Crippen molar-refractivity contribution in [1.29, 1.82) is 0 Å². The van der Waals surface area contributed by atoms with Crippen molar-refractivity contribution in [2.75, 3.05) is 20.3 Å². The van der Waals surface area contributed by atoms with Crippen LogP contribution in [0, 0.1) is 5.82 Å². The summed E-state index contributed by atoms with van der Waals surface area (Å²) in [6.07, 6.45) is 3.61. The molecule has 0 saturated carbocycles. The van der Waals surface area contributed by atoms with Gasteiger partial charge in [-0.1, -0.05) is 6.07 Å². The first-order valence-corrected chi connectivity index (χ1v) is 6.90. The number of benzene rings is 1. The first-order valence-electron chi connectivity index (χ1n) is 6.90. The number of rotatable bonds is 6. The molecule has 0 aromatic heterocycles. The Bertz CT molecular complexity index is 458. The lowest BCUT2D eigenvalue weighted by atomic mass is 10.1. The molecule has 5 heteroatoms. The van der Waals surface area contributed by atoms with Crippen LogP contribution in [0.25, 0.3) is 0 Å². The van der Waals surface area contributed by atoms with Crippen LogP contribution < -0.4 is 5.32 Å². The molecule has 0 bridgehead atoms. The quantitative estimate of drug-likeness (QED) is 0.642. The monoisotopic (exact) mass is 281 g/mol. The lowest BCUT2D eigenvalue weighted by Gasteiger charge is -2.10. The fourth-order valence-corrected chi connectivity index (χ4v) is 2.31. The van der Waals surface area contributed by atoms with E-state index in [0.717, 1.165) is 38.0 Å². The summed E-state index contributed by atoms with van der Waals surface area (Å²) in [4.78, 5) is 11.3. The number of esters is 1. The standard InChI is InChI=1S/C15H20FNO3/c1-19-15(18)13-5-4-11(9-14(13)16)10-17-7-6-12-3-2-8-20-12/h4-5,9,12,17H,2-3,6-8,10H2,1H3. The van der Waals surface area contributed by atoms with Crippen LogP contribution in [0.3, 0.4) is 0 Å². The SMILES string of the molecule is COC(=O)c1ccc(CNCCC2CCCO2)cc1F. The van der Waals surface area contributed by atoms with Crippen LogP contribution in [0.5, 0.6) is 0 Å². The molecule has 1 aliphatic rings. The van der Waals surface area contributed by atoms with Crippen LogP contribution in [0.2, 0.25) is 0 Å². The van der Waals surface area contributed by atoms with Gasteiger partial charge < -0.3 is 14.8 Å². The second-order valence-corrected chi connectivity index (χ2v) is 4.91. The third kappa shape index (κ3) is 4.02. The molecule has 1 aromatic rings. The Morgan fingerprint density at radius 1 is 1.55 bits per heavy atom. The van der Waals surface area contributed by atoms with Crippen molar-refractivity contribution >= 4 is 5.97 Å². The number of hydrogen-bond acceptors (Lipinski definition) is 4. The van der Waals surface area contributed by atoms with Crippen molar-refractivity contribution in [3.63, 3.8) is 0 Å². The van der Waals surface area contributed by atoms with E-state index >= 15 is 0 Å². The summed E-state index contributed by atoms with van der Waals surface area (Å²) >= 11 is 0. The highest BCUT2D eigenvalue weighted by molar-refractivity contribution is 5.89. The third-order valence-electron chi connectivity index (χ3n) is 3.44. The fraction of sp³-hybridized carbons (Fsp3) is 0.533. The van der Waals surface area contributed by atoms with Crippen LogP contribution in [-0.4, -0.2) is 32.3 Å². The van der Waals surface area contributed by atoms with E-state index in [1.54, 1.807) is 6.07 Å². The third-order valence-corrected chi connectivity index (χ3v) is 3.44. The van der Waals surface area contributed by atoms with E-state index in [4.69, 9.17) is 4.74 Å². The summed E-state index contributed by atoms with van der Waals surface area (Å²) in [5.41, 5.74) is 0.776. The van der Waals surface area contributed by atoms with Crippen LogP contribution in [-0.2, 0) is 16.0 Å². The molecule has 1 N–H and O–H groups in total. The van der Waals surface area contributed by atoms with Gasteiger partial charge in [-0.3, -0.25) is 0 Å². The van der Waals surface area contributed by atoms with Gasteiger partial charge in [-0.05, 0) is 43.5 Å². The number of carbonyl (C=O) groups is 1. The van der Waals surface area contributed by atoms with Crippen molar-refractivity contribution in [3.8, 4) is 0 Å². The van der Waals surface area contributed by atoms with E-state index in [-0.39, 0.29) is 5.56 Å². The summed E-state index contributed by atoms with van der Waals surface area (Å²) in [6.45, 7) is 2.28. The molecule has 20 heavy (non-hydrogen) atoms. The molecule has 1 unspecified atom stereocenters. The molecule has 2 rings (SSSR count). The maximum atomic E-state index is 13.7. The molecular weight excluding hydrogens is 261 g/mol. The molecule has 4 nitrogen and oxygen atoms in total. The summed E-state index contributed by atoms with van der Waals surface area (Å²) in [5, 5.41) is 3.26. The molecule has 1 aliphatic heterocycles. The molecular formula is C15H20FNO3. The zero-order valence-corrected chi connectivity index (χ0v) is 11.7. The van der Waals surface area contributed by atoms with E-state index in [0.29, 0.717) is 12.6 Å². The Hall–Kier alpha value is -1.46. The molecule has 1 saturated heterocycles. The van der Waals surface area contributed by atoms with Crippen molar-refractivity contribution in [1.82, 2.24) is 5.32 Å². The second-order valence-electron chi connectivity index (χ2n) is 4.91. The summed E-state index contributed by atoms with van der Waals surface area (Å²) in [7, 11) is 1.24. The van der Waals surface area contributed by atoms with E-state index in [9.17, 15) is 9.18 Å². The molecule has 1 atom stereocenters. The number of carbonyl (C=O) groups excluding carboxylic acids is 1.